The number of methoxy groups -OCH3 is 2. The van der Waals surface area contributed by atoms with Gasteiger partial charge in [-0.2, -0.15) is 0 Å². The standard InChI is InChI=1S/C22H29N3O2/c1-7-25-19-11-20(26-5)16(10-18(19)15(2)12-22(25,3)4)13-23-17-8-9-21(27-6)24-14-17/h8-11,13-15H,7,12H2,1-6H3. The maximum Gasteiger partial charge on any atom is 0.213 e. The van der Waals surface area contributed by atoms with Gasteiger partial charge in [0.15, 0.2) is 0 Å². The van der Waals surface area contributed by atoms with Gasteiger partial charge < -0.3 is 14.4 Å². The molecule has 1 atom stereocenters. The molecule has 0 N–H and O–H groups in total. The predicted octanol–water partition coefficient (Wildman–Crippen LogP) is 4.96. The van der Waals surface area contributed by atoms with E-state index in [2.05, 4.69) is 54.7 Å². The Bertz CT molecular complexity index is 828. The quantitative estimate of drug-likeness (QED) is 0.701. The molecular weight excluding hydrogens is 338 g/mol. The van der Waals surface area contributed by atoms with Crippen LogP contribution in [0.25, 0.3) is 0 Å². The molecule has 1 aromatic carbocycles. The number of hydrogen-bond donors (Lipinski definition) is 0. The summed E-state index contributed by atoms with van der Waals surface area (Å²) >= 11 is 0. The average Bonchev–Trinajstić information content (AvgIpc) is 2.66. The van der Waals surface area contributed by atoms with Gasteiger partial charge in [-0.3, -0.25) is 4.99 Å². The first-order valence-electron chi connectivity index (χ1n) is 9.43. The highest BCUT2D eigenvalue weighted by molar-refractivity contribution is 5.87. The van der Waals surface area contributed by atoms with Gasteiger partial charge in [-0.1, -0.05) is 6.92 Å². The van der Waals surface area contributed by atoms with Gasteiger partial charge >= 0.3 is 0 Å². The Morgan fingerprint density at radius 2 is 2.04 bits per heavy atom. The Labute approximate surface area is 162 Å². The van der Waals surface area contributed by atoms with Gasteiger partial charge in [-0.25, -0.2) is 4.98 Å². The summed E-state index contributed by atoms with van der Waals surface area (Å²) in [6.07, 6.45) is 4.68. The van der Waals surface area contributed by atoms with Crippen molar-refractivity contribution in [2.75, 3.05) is 25.7 Å². The van der Waals surface area contributed by atoms with Gasteiger partial charge in [0.25, 0.3) is 0 Å². The number of aliphatic imine (C=N–C) groups is 1. The van der Waals surface area contributed by atoms with Gasteiger partial charge in [0, 0.05) is 41.7 Å². The largest absolute Gasteiger partial charge is 0.496 e. The van der Waals surface area contributed by atoms with Crippen molar-refractivity contribution in [2.24, 2.45) is 4.99 Å². The fourth-order valence-corrected chi connectivity index (χ4v) is 4.12. The fraction of sp³-hybridized carbons (Fsp3) is 0.455. The van der Waals surface area contributed by atoms with E-state index in [0.29, 0.717) is 11.8 Å². The van der Waals surface area contributed by atoms with Crippen LogP contribution in [0.1, 0.15) is 51.2 Å². The number of rotatable bonds is 5. The van der Waals surface area contributed by atoms with Crippen molar-refractivity contribution >= 4 is 17.6 Å². The summed E-state index contributed by atoms with van der Waals surface area (Å²) in [5.41, 5.74) is 4.51. The zero-order valence-corrected chi connectivity index (χ0v) is 17.1. The molecule has 1 aliphatic rings. The first-order chi connectivity index (χ1) is 12.9. The van der Waals surface area contributed by atoms with E-state index in [1.807, 2.05) is 12.3 Å². The first kappa shape index (κ1) is 19.2. The number of pyridine rings is 1. The molecule has 5 heteroatoms. The molecule has 144 valence electrons. The Kier molecular flexibility index (Phi) is 5.40. The van der Waals surface area contributed by atoms with Crippen LogP contribution < -0.4 is 14.4 Å². The second kappa shape index (κ2) is 7.59. The molecule has 1 unspecified atom stereocenters. The molecule has 2 heterocycles. The topological polar surface area (TPSA) is 47.0 Å². The first-order valence-corrected chi connectivity index (χ1v) is 9.43. The van der Waals surface area contributed by atoms with E-state index in [-0.39, 0.29) is 5.54 Å². The normalized spacial score (nSPS) is 18.4. The van der Waals surface area contributed by atoms with Gasteiger partial charge in [0.05, 0.1) is 26.1 Å². The maximum absolute atomic E-state index is 5.68. The molecule has 0 fully saturated rings. The highest BCUT2D eigenvalue weighted by Crippen LogP contribution is 2.45. The van der Waals surface area contributed by atoms with Crippen LogP contribution in [0, 0.1) is 0 Å². The molecule has 0 spiro atoms. The Morgan fingerprint density at radius 1 is 1.26 bits per heavy atom. The minimum Gasteiger partial charge on any atom is -0.496 e. The number of fused-ring (bicyclic) bond motifs is 1. The maximum atomic E-state index is 5.68. The van der Waals surface area contributed by atoms with Crippen LogP contribution in [0.2, 0.25) is 0 Å². The third-order valence-electron chi connectivity index (χ3n) is 5.34. The van der Waals surface area contributed by atoms with Crippen molar-refractivity contribution in [1.82, 2.24) is 4.98 Å². The molecule has 2 aromatic rings. The van der Waals surface area contributed by atoms with Crippen molar-refractivity contribution in [1.29, 1.82) is 0 Å². The molecule has 0 radical (unpaired) electrons. The molecule has 3 rings (SSSR count). The number of hydrogen-bond acceptors (Lipinski definition) is 5. The van der Waals surface area contributed by atoms with E-state index >= 15 is 0 Å². The van der Waals surface area contributed by atoms with Crippen LogP contribution in [-0.4, -0.2) is 37.5 Å². The lowest BCUT2D eigenvalue weighted by Gasteiger charge is -2.47. The molecule has 0 saturated heterocycles. The molecule has 1 aliphatic heterocycles. The SMILES string of the molecule is CCN1c2cc(OC)c(C=Nc3ccc(OC)nc3)cc2C(C)CC1(C)C. The number of nitrogens with zero attached hydrogens (tertiary/aromatic N) is 3. The lowest BCUT2D eigenvalue weighted by molar-refractivity contribution is 0.377. The minimum absolute atomic E-state index is 0.135. The van der Waals surface area contributed by atoms with Gasteiger partial charge in [-0.15, -0.1) is 0 Å². The molecule has 5 nitrogen and oxygen atoms in total. The number of benzene rings is 1. The third-order valence-corrected chi connectivity index (χ3v) is 5.34. The van der Waals surface area contributed by atoms with E-state index in [0.717, 1.165) is 30.0 Å². The summed E-state index contributed by atoms with van der Waals surface area (Å²) in [6, 6.07) is 8.07. The van der Waals surface area contributed by atoms with Crippen molar-refractivity contribution < 1.29 is 9.47 Å². The van der Waals surface area contributed by atoms with Crippen LogP contribution in [0.3, 0.4) is 0 Å². The monoisotopic (exact) mass is 367 g/mol. The summed E-state index contributed by atoms with van der Waals surface area (Å²) in [4.78, 5) is 11.2. The summed E-state index contributed by atoms with van der Waals surface area (Å²) in [5, 5.41) is 0. The Balaban J connectivity index is 1.99. The smallest absolute Gasteiger partial charge is 0.213 e. The van der Waals surface area contributed by atoms with Gasteiger partial charge in [0.2, 0.25) is 5.88 Å². The number of anilines is 1. The fourth-order valence-electron chi connectivity index (χ4n) is 4.12. The van der Waals surface area contributed by atoms with Crippen molar-refractivity contribution in [3.8, 4) is 11.6 Å². The summed E-state index contributed by atoms with van der Waals surface area (Å²) in [5.74, 6) is 1.90. The average molecular weight is 367 g/mol. The molecule has 0 saturated carbocycles. The van der Waals surface area contributed by atoms with E-state index < -0.39 is 0 Å². The molecule has 27 heavy (non-hydrogen) atoms. The second-order valence-corrected chi connectivity index (χ2v) is 7.63. The van der Waals surface area contributed by atoms with E-state index in [1.54, 1.807) is 26.5 Å². The zero-order chi connectivity index (χ0) is 19.6. The van der Waals surface area contributed by atoms with E-state index in [9.17, 15) is 0 Å². The minimum atomic E-state index is 0.135. The van der Waals surface area contributed by atoms with Crippen molar-refractivity contribution in [2.45, 2.75) is 45.6 Å². The summed E-state index contributed by atoms with van der Waals surface area (Å²) in [7, 11) is 3.31. The molecular formula is C22H29N3O2. The van der Waals surface area contributed by atoms with Crippen LogP contribution in [0.15, 0.2) is 35.5 Å². The molecule has 0 bridgehead atoms. The van der Waals surface area contributed by atoms with Crippen LogP contribution >= 0.6 is 0 Å². The van der Waals surface area contributed by atoms with E-state index in [1.165, 1.54) is 11.3 Å². The molecule has 1 aromatic heterocycles. The lowest BCUT2D eigenvalue weighted by atomic mass is 9.79. The number of aromatic nitrogens is 1. The molecule has 0 amide bonds. The summed E-state index contributed by atoms with van der Waals surface area (Å²) in [6.45, 7) is 10.1. The second-order valence-electron chi connectivity index (χ2n) is 7.63. The Morgan fingerprint density at radius 3 is 2.63 bits per heavy atom. The lowest BCUT2D eigenvalue weighted by Crippen LogP contribution is -2.48. The Hall–Kier alpha value is -2.56. The van der Waals surface area contributed by atoms with Crippen molar-refractivity contribution in [3.63, 3.8) is 0 Å². The van der Waals surface area contributed by atoms with E-state index in [4.69, 9.17) is 9.47 Å². The van der Waals surface area contributed by atoms with Gasteiger partial charge in [0.1, 0.15) is 5.75 Å². The van der Waals surface area contributed by atoms with Crippen LogP contribution in [-0.2, 0) is 0 Å². The highest BCUT2D eigenvalue weighted by Gasteiger charge is 2.36. The van der Waals surface area contributed by atoms with Crippen LogP contribution in [0.4, 0.5) is 11.4 Å². The third kappa shape index (κ3) is 3.77. The van der Waals surface area contributed by atoms with Crippen LogP contribution in [0.5, 0.6) is 11.6 Å². The molecule has 0 aliphatic carbocycles. The highest BCUT2D eigenvalue weighted by atomic mass is 16.5. The van der Waals surface area contributed by atoms with Gasteiger partial charge in [-0.05, 0) is 50.8 Å². The zero-order valence-electron chi connectivity index (χ0n) is 17.1. The number of ether oxygens (including phenoxy) is 2. The van der Waals surface area contributed by atoms with Crippen molar-refractivity contribution in [3.05, 3.63) is 41.6 Å². The predicted molar refractivity (Wildman–Crippen MR) is 111 cm³/mol. The summed E-state index contributed by atoms with van der Waals surface area (Å²) < 4.78 is 10.8.